The summed E-state index contributed by atoms with van der Waals surface area (Å²) >= 11 is 0. The van der Waals surface area contributed by atoms with Gasteiger partial charge in [0.1, 0.15) is 0 Å². The van der Waals surface area contributed by atoms with E-state index in [9.17, 15) is 9.90 Å². The molecule has 2 aliphatic rings. The Morgan fingerprint density at radius 3 is 2.42 bits per heavy atom. The lowest BCUT2D eigenvalue weighted by atomic mass is 9.73. The van der Waals surface area contributed by atoms with E-state index in [-0.39, 0.29) is 11.3 Å². The number of hydrogen-bond donors (Lipinski definition) is 2. The molecule has 1 aliphatic carbocycles. The normalized spacial score (nSPS) is 31.8. The molecule has 0 aromatic rings. The number of nitrogens with zero attached hydrogens (tertiary/aromatic N) is 1. The number of hydrogen-bond acceptors (Lipinski definition) is 3. The van der Waals surface area contributed by atoms with Gasteiger partial charge in [-0.2, -0.15) is 0 Å². The van der Waals surface area contributed by atoms with Crippen molar-refractivity contribution in [2.45, 2.75) is 63.9 Å². The first-order valence-electron chi connectivity index (χ1n) is 7.71. The predicted molar refractivity (Wildman–Crippen MR) is 75.6 cm³/mol. The smallest absolute Gasteiger partial charge is 0.230 e. The van der Waals surface area contributed by atoms with Gasteiger partial charge >= 0.3 is 0 Å². The van der Waals surface area contributed by atoms with Crippen LogP contribution in [0.15, 0.2) is 0 Å². The van der Waals surface area contributed by atoms with Crippen molar-refractivity contribution < 1.29 is 9.90 Å². The second kappa shape index (κ2) is 5.80. The third-order valence-corrected chi connectivity index (χ3v) is 5.01. The molecule has 0 bridgehead atoms. The minimum atomic E-state index is -0.614. The van der Waals surface area contributed by atoms with Crippen molar-refractivity contribution in [3.63, 3.8) is 0 Å². The molecule has 110 valence electrons. The molecule has 2 rings (SSSR count). The number of aliphatic hydroxyl groups is 1. The summed E-state index contributed by atoms with van der Waals surface area (Å²) in [5.41, 5.74) is 5.02. The fourth-order valence-electron chi connectivity index (χ4n) is 3.54. The molecule has 0 aromatic heterocycles. The van der Waals surface area contributed by atoms with Crippen LogP contribution in [0.3, 0.4) is 0 Å². The molecular formula is C15H28N2O2. The van der Waals surface area contributed by atoms with Crippen molar-refractivity contribution in [3.05, 3.63) is 0 Å². The second-order valence-electron chi connectivity index (χ2n) is 6.69. The Kier molecular flexibility index (Phi) is 4.51. The first-order chi connectivity index (χ1) is 8.99. The van der Waals surface area contributed by atoms with Gasteiger partial charge in [0.15, 0.2) is 0 Å². The van der Waals surface area contributed by atoms with Crippen LogP contribution in [-0.2, 0) is 4.79 Å². The average Bonchev–Trinajstić information content (AvgIpc) is 2.59. The number of nitrogens with two attached hydrogens (primary N) is 1. The number of carbonyl (C=O) groups is 1. The Hall–Kier alpha value is -0.610. The van der Waals surface area contributed by atoms with Crippen LogP contribution in [0.2, 0.25) is 0 Å². The van der Waals surface area contributed by atoms with Gasteiger partial charge in [-0.15, -0.1) is 0 Å². The standard InChI is InChI=1S/C15H28N2O2/c1-14(19)6-5-10-17(11-9-14)13(18)15(12-16)7-3-2-4-8-15/h19H,2-12,16H2,1H3. The van der Waals surface area contributed by atoms with E-state index in [0.717, 1.165) is 45.1 Å². The summed E-state index contributed by atoms with van der Waals surface area (Å²) in [4.78, 5) is 14.8. The van der Waals surface area contributed by atoms with Gasteiger partial charge in [-0.1, -0.05) is 19.3 Å². The van der Waals surface area contributed by atoms with E-state index < -0.39 is 5.60 Å². The third kappa shape index (κ3) is 3.29. The topological polar surface area (TPSA) is 66.6 Å². The average molecular weight is 268 g/mol. The van der Waals surface area contributed by atoms with Gasteiger partial charge in [0.25, 0.3) is 0 Å². The lowest BCUT2D eigenvalue weighted by Crippen LogP contribution is -2.49. The van der Waals surface area contributed by atoms with Crippen LogP contribution >= 0.6 is 0 Å². The van der Waals surface area contributed by atoms with Crippen LogP contribution < -0.4 is 5.73 Å². The zero-order valence-electron chi connectivity index (χ0n) is 12.2. The van der Waals surface area contributed by atoms with E-state index in [0.29, 0.717) is 19.5 Å². The minimum absolute atomic E-state index is 0.243. The van der Waals surface area contributed by atoms with Crippen LogP contribution in [0, 0.1) is 5.41 Å². The molecule has 1 aliphatic heterocycles. The molecule has 3 N–H and O–H groups in total. The van der Waals surface area contributed by atoms with Crippen LogP contribution in [0.4, 0.5) is 0 Å². The van der Waals surface area contributed by atoms with Crippen LogP contribution in [0.5, 0.6) is 0 Å². The molecule has 0 radical (unpaired) electrons. The van der Waals surface area contributed by atoms with E-state index >= 15 is 0 Å². The monoisotopic (exact) mass is 268 g/mol. The molecule has 2 fully saturated rings. The number of carbonyl (C=O) groups excluding carboxylic acids is 1. The summed E-state index contributed by atoms with van der Waals surface area (Å²) in [5.74, 6) is 0.243. The largest absolute Gasteiger partial charge is 0.390 e. The van der Waals surface area contributed by atoms with E-state index in [2.05, 4.69) is 0 Å². The van der Waals surface area contributed by atoms with Gasteiger partial charge in [-0.25, -0.2) is 0 Å². The van der Waals surface area contributed by atoms with Crippen molar-refractivity contribution in [3.8, 4) is 0 Å². The van der Waals surface area contributed by atoms with Gasteiger partial charge in [-0.3, -0.25) is 4.79 Å². The number of amides is 1. The van der Waals surface area contributed by atoms with E-state index in [1.807, 2.05) is 11.8 Å². The molecule has 1 atom stereocenters. The lowest BCUT2D eigenvalue weighted by Gasteiger charge is -2.39. The van der Waals surface area contributed by atoms with Crippen molar-refractivity contribution >= 4 is 5.91 Å². The lowest BCUT2D eigenvalue weighted by molar-refractivity contribution is -0.143. The molecule has 1 saturated carbocycles. The Bertz CT molecular complexity index is 322. The Morgan fingerprint density at radius 2 is 1.79 bits per heavy atom. The maximum Gasteiger partial charge on any atom is 0.230 e. The van der Waals surface area contributed by atoms with E-state index in [1.54, 1.807) is 0 Å². The SMILES string of the molecule is CC1(O)CCCN(C(=O)C2(CN)CCCCC2)CC1. The van der Waals surface area contributed by atoms with Crippen molar-refractivity contribution in [2.24, 2.45) is 11.1 Å². The Balaban J connectivity index is 2.05. The van der Waals surface area contributed by atoms with Crippen LogP contribution in [0.1, 0.15) is 58.3 Å². The zero-order valence-corrected chi connectivity index (χ0v) is 12.2. The number of likely N-dealkylation sites (tertiary alicyclic amines) is 1. The van der Waals surface area contributed by atoms with Gasteiger partial charge in [0, 0.05) is 19.6 Å². The summed E-state index contributed by atoms with van der Waals surface area (Å²) < 4.78 is 0. The highest BCUT2D eigenvalue weighted by molar-refractivity contribution is 5.83. The molecule has 1 heterocycles. The molecule has 19 heavy (non-hydrogen) atoms. The fourth-order valence-corrected chi connectivity index (χ4v) is 3.54. The van der Waals surface area contributed by atoms with Crippen molar-refractivity contribution in [1.29, 1.82) is 0 Å². The summed E-state index contributed by atoms with van der Waals surface area (Å²) in [5, 5.41) is 10.1. The molecule has 1 unspecified atom stereocenters. The van der Waals surface area contributed by atoms with E-state index in [4.69, 9.17) is 5.73 Å². The highest BCUT2D eigenvalue weighted by atomic mass is 16.3. The first kappa shape index (κ1) is 14.8. The molecular weight excluding hydrogens is 240 g/mol. The summed E-state index contributed by atoms with van der Waals surface area (Å²) in [7, 11) is 0. The third-order valence-electron chi connectivity index (χ3n) is 5.01. The zero-order chi connectivity index (χ0) is 13.9. The van der Waals surface area contributed by atoms with Gasteiger partial charge in [-0.05, 0) is 39.0 Å². The quantitative estimate of drug-likeness (QED) is 0.800. The molecule has 1 amide bonds. The minimum Gasteiger partial charge on any atom is -0.390 e. The van der Waals surface area contributed by atoms with Crippen molar-refractivity contribution in [1.82, 2.24) is 4.90 Å². The second-order valence-corrected chi connectivity index (χ2v) is 6.69. The maximum absolute atomic E-state index is 12.8. The predicted octanol–water partition coefficient (Wildman–Crippen LogP) is 1.66. The molecule has 4 nitrogen and oxygen atoms in total. The molecule has 0 aromatic carbocycles. The summed E-state index contributed by atoms with van der Waals surface area (Å²) in [6, 6.07) is 0. The van der Waals surface area contributed by atoms with Gasteiger partial charge < -0.3 is 15.7 Å². The molecule has 0 spiro atoms. The Labute approximate surface area is 116 Å². The molecule has 1 saturated heterocycles. The Morgan fingerprint density at radius 1 is 1.11 bits per heavy atom. The number of rotatable bonds is 2. The van der Waals surface area contributed by atoms with Gasteiger partial charge in [0.05, 0.1) is 11.0 Å². The molecule has 4 heteroatoms. The van der Waals surface area contributed by atoms with E-state index in [1.165, 1.54) is 6.42 Å². The van der Waals surface area contributed by atoms with Gasteiger partial charge in [0.2, 0.25) is 5.91 Å². The highest BCUT2D eigenvalue weighted by Crippen LogP contribution is 2.38. The van der Waals surface area contributed by atoms with Crippen LogP contribution in [-0.4, -0.2) is 41.1 Å². The first-order valence-corrected chi connectivity index (χ1v) is 7.71. The summed E-state index contributed by atoms with van der Waals surface area (Å²) in [6.07, 6.45) is 7.70. The fraction of sp³-hybridized carbons (Fsp3) is 0.933. The highest BCUT2D eigenvalue weighted by Gasteiger charge is 2.41. The summed E-state index contributed by atoms with van der Waals surface area (Å²) in [6.45, 7) is 3.79. The maximum atomic E-state index is 12.8. The van der Waals surface area contributed by atoms with Crippen LogP contribution in [0.25, 0.3) is 0 Å². The van der Waals surface area contributed by atoms with Crippen molar-refractivity contribution in [2.75, 3.05) is 19.6 Å².